The van der Waals surface area contributed by atoms with E-state index in [0.29, 0.717) is 33.5 Å². The molecule has 0 fully saturated rings. The van der Waals surface area contributed by atoms with Crippen molar-refractivity contribution in [2.75, 3.05) is 29.6 Å². The zero-order chi connectivity index (χ0) is 24.9. The number of phenolic OH excluding ortho intramolecular Hbond substituents is 1. The van der Waals surface area contributed by atoms with E-state index in [-0.39, 0.29) is 17.2 Å². The zero-order valence-corrected chi connectivity index (χ0v) is 19.6. The van der Waals surface area contributed by atoms with Gasteiger partial charge in [-0.05, 0) is 42.5 Å². The molecule has 0 aliphatic heterocycles. The fraction of sp³-hybridized carbons (Fsp3) is 0.111. The van der Waals surface area contributed by atoms with E-state index in [9.17, 15) is 14.7 Å². The summed E-state index contributed by atoms with van der Waals surface area (Å²) in [6, 6.07) is 23.0. The average molecular weight is 468 g/mol. The zero-order valence-electron chi connectivity index (χ0n) is 19.6. The van der Waals surface area contributed by atoms with Crippen molar-refractivity contribution in [1.82, 2.24) is 0 Å². The molecular formula is C27H25N5O3. The maximum atomic E-state index is 13.2. The monoisotopic (exact) mass is 467 g/mol. The van der Waals surface area contributed by atoms with Gasteiger partial charge in [-0.2, -0.15) is 5.11 Å². The molecule has 0 aliphatic carbocycles. The fourth-order valence-corrected chi connectivity index (χ4v) is 3.68. The van der Waals surface area contributed by atoms with Crippen molar-refractivity contribution in [3.63, 3.8) is 0 Å². The van der Waals surface area contributed by atoms with Gasteiger partial charge in [0.05, 0.1) is 28.3 Å². The van der Waals surface area contributed by atoms with E-state index in [0.717, 1.165) is 5.69 Å². The lowest BCUT2D eigenvalue weighted by molar-refractivity contribution is -0.114. The quantitative estimate of drug-likeness (QED) is 0.292. The first-order chi connectivity index (χ1) is 16.8. The first-order valence-corrected chi connectivity index (χ1v) is 11.0. The summed E-state index contributed by atoms with van der Waals surface area (Å²) in [6.45, 7) is 1.44. The molecule has 0 saturated heterocycles. The number of para-hydroxylation sites is 2. The number of fused-ring (bicyclic) bond motifs is 1. The van der Waals surface area contributed by atoms with Gasteiger partial charge in [-0.15, -0.1) is 5.11 Å². The van der Waals surface area contributed by atoms with Crippen LogP contribution in [0.4, 0.5) is 28.4 Å². The number of amides is 2. The number of carbonyl (C=O) groups excluding carboxylic acids is 2. The Labute approximate surface area is 202 Å². The number of aromatic hydroxyl groups is 1. The highest BCUT2D eigenvalue weighted by Gasteiger charge is 2.18. The number of benzene rings is 4. The first-order valence-electron chi connectivity index (χ1n) is 11.0. The number of azo groups is 1. The highest BCUT2D eigenvalue weighted by atomic mass is 16.3. The predicted octanol–water partition coefficient (Wildman–Crippen LogP) is 6.24. The van der Waals surface area contributed by atoms with Gasteiger partial charge in [0, 0.05) is 37.5 Å². The smallest absolute Gasteiger partial charge is 0.259 e. The van der Waals surface area contributed by atoms with E-state index < -0.39 is 5.91 Å². The van der Waals surface area contributed by atoms with Crippen LogP contribution in [0.5, 0.6) is 5.75 Å². The van der Waals surface area contributed by atoms with Crippen molar-refractivity contribution in [3.8, 4) is 5.75 Å². The molecular weight excluding hydrogens is 442 g/mol. The van der Waals surface area contributed by atoms with Crippen LogP contribution in [0, 0.1) is 0 Å². The Balaban J connectivity index is 1.70. The molecule has 0 bridgehead atoms. The van der Waals surface area contributed by atoms with E-state index in [1.165, 1.54) is 13.0 Å². The molecule has 4 rings (SSSR count). The summed E-state index contributed by atoms with van der Waals surface area (Å²) in [6.07, 6.45) is 0. The van der Waals surface area contributed by atoms with Crippen LogP contribution in [0.2, 0.25) is 0 Å². The van der Waals surface area contributed by atoms with Crippen LogP contribution in [0.15, 0.2) is 89.1 Å². The number of hydrogen-bond donors (Lipinski definition) is 3. The molecule has 0 aliphatic rings. The molecule has 0 saturated carbocycles. The van der Waals surface area contributed by atoms with Crippen molar-refractivity contribution >= 4 is 51.0 Å². The van der Waals surface area contributed by atoms with Gasteiger partial charge in [0.1, 0.15) is 5.75 Å². The van der Waals surface area contributed by atoms with Crippen LogP contribution < -0.4 is 15.5 Å². The molecule has 0 aromatic heterocycles. The third-order valence-electron chi connectivity index (χ3n) is 5.33. The summed E-state index contributed by atoms with van der Waals surface area (Å²) in [4.78, 5) is 26.3. The molecule has 0 unspecified atom stereocenters. The van der Waals surface area contributed by atoms with Gasteiger partial charge >= 0.3 is 0 Å². The molecule has 4 aromatic carbocycles. The fourth-order valence-electron chi connectivity index (χ4n) is 3.68. The summed E-state index contributed by atoms with van der Waals surface area (Å²) in [7, 11) is 3.78. The van der Waals surface area contributed by atoms with Crippen molar-refractivity contribution < 1.29 is 14.7 Å². The van der Waals surface area contributed by atoms with Crippen LogP contribution in [-0.4, -0.2) is 31.0 Å². The molecule has 0 heterocycles. The number of rotatable bonds is 6. The lowest BCUT2D eigenvalue weighted by atomic mass is 10.0. The third kappa shape index (κ3) is 5.27. The summed E-state index contributed by atoms with van der Waals surface area (Å²) in [5, 5.41) is 26.3. The number of nitrogens with zero attached hydrogens (tertiary/aromatic N) is 3. The van der Waals surface area contributed by atoms with E-state index >= 15 is 0 Å². The molecule has 2 amide bonds. The van der Waals surface area contributed by atoms with E-state index in [1.54, 1.807) is 42.5 Å². The second kappa shape index (κ2) is 10.0. The predicted molar refractivity (Wildman–Crippen MR) is 139 cm³/mol. The van der Waals surface area contributed by atoms with Crippen LogP contribution in [-0.2, 0) is 4.79 Å². The molecule has 3 N–H and O–H groups in total. The van der Waals surface area contributed by atoms with Gasteiger partial charge < -0.3 is 20.6 Å². The van der Waals surface area contributed by atoms with Crippen LogP contribution >= 0.6 is 0 Å². The Kier molecular flexibility index (Phi) is 6.73. The minimum atomic E-state index is -0.460. The number of nitrogens with one attached hydrogen (secondary N) is 2. The highest BCUT2D eigenvalue weighted by Crippen LogP contribution is 2.37. The molecule has 0 radical (unpaired) electrons. The molecule has 4 aromatic rings. The summed E-state index contributed by atoms with van der Waals surface area (Å²) in [5.41, 5.74) is 3.22. The molecule has 8 heteroatoms. The van der Waals surface area contributed by atoms with Crippen molar-refractivity contribution in [2.45, 2.75) is 6.92 Å². The molecule has 35 heavy (non-hydrogen) atoms. The number of hydrogen-bond acceptors (Lipinski definition) is 6. The Morgan fingerprint density at radius 1 is 0.829 bits per heavy atom. The Morgan fingerprint density at radius 2 is 1.49 bits per heavy atom. The van der Waals surface area contributed by atoms with Crippen LogP contribution in [0.3, 0.4) is 0 Å². The van der Waals surface area contributed by atoms with Crippen LogP contribution in [0.25, 0.3) is 10.8 Å². The standard InChI is InChI=1S/C27H25N5O3/c1-17(33)28-18-12-14-19(15-13-18)30-31-24-16-22(26(34)21-9-5-4-8-20(21)24)27(35)29-23-10-6-7-11-25(23)32(2)3/h4-16,34H,1-3H3,(H,28,33)(H,29,35). The first kappa shape index (κ1) is 23.4. The SMILES string of the molecule is CC(=O)Nc1ccc(N=Nc2cc(C(=O)Nc3ccccc3N(C)C)c(O)c3ccccc23)cc1. The molecule has 176 valence electrons. The largest absolute Gasteiger partial charge is 0.506 e. The van der Waals surface area contributed by atoms with Crippen molar-refractivity contribution in [1.29, 1.82) is 0 Å². The molecule has 0 atom stereocenters. The van der Waals surface area contributed by atoms with Gasteiger partial charge in [0.15, 0.2) is 0 Å². The van der Waals surface area contributed by atoms with Crippen molar-refractivity contribution in [3.05, 3.63) is 84.4 Å². The molecule has 0 spiro atoms. The van der Waals surface area contributed by atoms with E-state index in [1.807, 2.05) is 49.3 Å². The Hall–Kier alpha value is -4.72. The van der Waals surface area contributed by atoms with Gasteiger partial charge in [0.2, 0.25) is 5.91 Å². The van der Waals surface area contributed by atoms with E-state index in [4.69, 9.17) is 0 Å². The Bertz CT molecular complexity index is 1430. The second-order valence-electron chi connectivity index (χ2n) is 8.13. The topological polar surface area (TPSA) is 106 Å². The van der Waals surface area contributed by atoms with Gasteiger partial charge in [-0.1, -0.05) is 36.4 Å². The number of phenols is 1. The minimum absolute atomic E-state index is 0.0900. The van der Waals surface area contributed by atoms with Gasteiger partial charge in [-0.25, -0.2) is 0 Å². The lowest BCUT2D eigenvalue weighted by Crippen LogP contribution is -2.16. The maximum Gasteiger partial charge on any atom is 0.259 e. The summed E-state index contributed by atoms with van der Waals surface area (Å²) < 4.78 is 0. The summed E-state index contributed by atoms with van der Waals surface area (Å²) in [5.74, 6) is -0.744. The normalized spacial score (nSPS) is 10.9. The molecule has 8 nitrogen and oxygen atoms in total. The van der Waals surface area contributed by atoms with E-state index in [2.05, 4.69) is 20.9 Å². The maximum absolute atomic E-state index is 13.2. The average Bonchev–Trinajstić information content (AvgIpc) is 2.84. The second-order valence-corrected chi connectivity index (χ2v) is 8.13. The van der Waals surface area contributed by atoms with Crippen molar-refractivity contribution in [2.24, 2.45) is 10.2 Å². The minimum Gasteiger partial charge on any atom is -0.506 e. The lowest BCUT2D eigenvalue weighted by Gasteiger charge is -2.18. The Morgan fingerprint density at radius 3 is 2.17 bits per heavy atom. The highest BCUT2D eigenvalue weighted by molar-refractivity contribution is 6.13. The van der Waals surface area contributed by atoms with Gasteiger partial charge in [0.25, 0.3) is 5.91 Å². The van der Waals surface area contributed by atoms with Crippen LogP contribution in [0.1, 0.15) is 17.3 Å². The summed E-state index contributed by atoms with van der Waals surface area (Å²) >= 11 is 0. The third-order valence-corrected chi connectivity index (χ3v) is 5.33. The number of carbonyl (C=O) groups is 2. The van der Waals surface area contributed by atoms with Gasteiger partial charge in [-0.3, -0.25) is 9.59 Å². The number of anilines is 3.